The molecule has 1 aromatic rings. The summed E-state index contributed by atoms with van der Waals surface area (Å²) in [6.45, 7) is 0. The molecule has 0 spiro atoms. The van der Waals surface area contributed by atoms with Crippen LogP contribution >= 0.6 is 35.2 Å². The van der Waals surface area contributed by atoms with Crippen molar-refractivity contribution >= 4 is 45.7 Å². The van der Waals surface area contributed by atoms with Crippen LogP contribution in [-0.2, 0) is 9.37 Å². The average Bonchev–Trinajstić information content (AvgIpc) is 2.25. The Morgan fingerprint density at radius 3 is 2.44 bits per heavy atom. The van der Waals surface area contributed by atoms with Gasteiger partial charge >= 0.3 is 0 Å². The Balaban J connectivity index is 3.10. The van der Waals surface area contributed by atoms with Gasteiger partial charge in [0, 0.05) is 5.56 Å². The summed E-state index contributed by atoms with van der Waals surface area (Å²) < 4.78 is 4.15. The fourth-order valence-corrected chi connectivity index (χ4v) is 1.80. The first-order valence-corrected chi connectivity index (χ1v) is 5.24. The van der Waals surface area contributed by atoms with Gasteiger partial charge in [-0.15, -0.1) is 4.33 Å². The zero-order chi connectivity index (χ0) is 12.1. The van der Waals surface area contributed by atoms with Crippen LogP contribution in [0.15, 0.2) is 23.1 Å². The number of halogens is 2. The van der Waals surface area contributed by atoms with Crippen molar-refractivity contribution in [2.75, 3.05) is 0 Å². The summed E-state index contributed by atoms with van der Waals surface area (Å²) in [6.07, 6.45) is 0. The molecule has 0 aromatic heterocycles. The number of hydrogen-bond acceptors (Lipinski definition) is 6. The van der Waals surface area contributed by atoms with Crippen LogP contribution in [0.4, 0.5) is 0 Å². The van der Waals surface area contributed by atoms with Crippen molar-refractivity contribution in [3.05, 3.63) is 29.3 Å². The fourth-order valence-electron chi connectivity index (χ4n) is 0.928. The Hall–Kier alpha value is -0.630. The van der Waals surface area contributed by atoms with Gasteiger partial charge in [-0.05, 0) is 41.4 Å². The van der Waals surface area contributed by atoms with E-state index in [1.54, 1.807) is 0 Å². The van der Waals surface area contributed by atoms with Crippen molar-refractivity contribution in [2.24, 2.45) is 0 Å². The SMILES string of the molecule is O=C(Cl)c1ccc(C(=O)Cl)c(SOOO)c1. The minimum atomic E-state index is -0.738. The number of rotatable bonds is 5. The maximum absolute atomic E-state index is 11.0. The first-order chi connectivity index (χ1) is 7.56. The van der Waals surface area contributed by atoms with E-state index in [1.807, 2.05) is 0 Å². The molecule has 1 rings (SSSR count). The van der Waals surface area contributed by atoms with E-state index in [0.717, 1.165) is 0 Å². The average molecular weight is 283 g/mol. The molecule has 0 saturated carbocycles. The van der Waals surface area contributed by atoms with Crippen molar-refractivity contribution in [2.45, 2.75) is 4.90 Å². The number of benzene rings is 1. The second-order valence-electron chi connectivity index (χ2n) is 2.48. The largest absolute Gasteiger partial charge is 0.276 e. The highest BCUT2D eigenvalue weighted by Crippen LogP contribution is 2.27. The Kier molecular flexibility index (Phi) is 5.20. The smallest absolute Gasteiger partial charge is 0.253 e. The van der Waals surface area contributed by atoms with Gasteiger partial charge < -0.3 is 0 Å². The van der Waals surface area contributed by atoms with E-state index in [1.165, 1.54) is 18.2 Å². The van der Waals surface area contributed by atoms with Crippen LogP contribution in [0.25, 0.3) is 0 Å². The standard InChI is InChI=1S/C8H4Cl2O5S/c9-7(11)4-1-2-5(8(10)12)6(3-4)16-15-14-13/h1-3,13H. The molecule has 0 aliphatic rings. The third-order valence-electron chi connectivity index (χ3n) is 1.57. The van der Waals surface area contributed by atoms with E-state index in [4.69, 9.17) is 28.5 Å². The number of carbonyl (C=O) groups excluding carboxylic acids is 2. The van der Waals surface area contributed by atoms with E-state index in [2.05, 4.69) is 9.37 Å². The maximum atomic E-state index is 11.0. The maximum Gasteiger partial charge on any atom is 0.253 e. The third kappa shape index (κ3) is 3.44. The van der Waals surface area contributed by atoms with Crippen molar-refractivity contribution in [3.63, 3.8) is 0 Å². The van der Waals surface area contributed by atoms with E-state index < -0.39 is 10.5 Å². The molecule has 0 bridgehead atoms. The third-order valence-corrected chi connectivity index (χ3v) is 2.64. The molecule has 5 nitrogen and oxygen atoms in total. The molecule has 0 aliphatic carbocycles. The zero-order valence-corrected chi connectivity index (χ0v) is 9.80. The van der Waals surface area contributed by atoms with E-state index in [-0.39, 0.29) is 16.0 Å². The van der Waals surface area contributed by atoms with Crippen LogP contribution in [0.5, 0.6) is 0 Å². The molecular weight excluding hydrogens is 279 g/mol. The summed E-state index contributed by atoms with van der Waals surface area (Å²) in [4.78, 5) is 22.1. The molecule has 8 heteroatoms. The lowest BCUT2D eigenvalue weighted by Crippen LogP contribution is -1.97. The quantitative estimate of drug-likeness (QED) is 0.387. The second-order valence-corrected chi connectivity index (χ2v) is 3.91. The van der Waals surface area contributed by atoms with Gasteiger partial charge in [0.15, 0.2) is 0 Å². The summed E-state index contributed by atoms with van der Waals surface area (Å²) >= 11 is 11.1. The zero-order valence-electron chi connectivity index (χ0n) is 7.48. The summed E-state index contributed by atoms with van der Waals surface area (Å²) in [6, 6.07) is 3.94. The summed E-state index contributed by atoms with van der Waals surface area (Å²) in [5.74, 6) is 0. The Morgan fingerprint density at radius 1 is 1.25 bits per heavy atom. The predicted octanol–water partition coefficient (Wildman–Crippen LogP) is 2.87. The van der Waals surface area contributed by atoms with Crippen molar-refractivity contribution < 1.29 is 24.2 Å². The van der Waals surface area contributed by atoms with Crippen LogP contribution in [0, 0.1) is 0 Å². The number of carbonyl (C=O) groups is 2. The molecule has 16 heavy (non-hydrogen) atoms. The van der Waals surface area contributed by atoms with Crippen LogP contribution in [0.3, 0.4) is 0 Å². The van der Waals surface area contributed by atoms with E-state index >= 15 is 0 Å². The molecule has 0 fully saturated rings. The van der Waals surface area contributed by atoms with Gasteiger partial charge in [0.1, 0.15) is 0 Å². The lowest BCUT2D eigenvalue weighted by molar-refractivity contribution is -0.432. The topological polar surface area (TPSA) is 72.8 Å². The second kappa shape index (κ2) is 6.19. The highest BCUT2D eigenvalue weighted by molar-refractivity contribution is 7.94. The van der Waals surface area contributed by atoms with Crippen LogP contribution < -0.4 is 0 Å². The molecule has 0 unspecified atom stereocenters. The Morgan fingerprint density at radius 2 is 1.94 bits per heavy atom. The van der Waals surface area contributed by atoms with E-state index in [0.29, 0.717) is 12.0 Å². The lowest BCUT2D eigenvalue weighted by Gasteiger charge is -2.04. The highest BCUT2D eigenvalue weighted by atomic mass is 35.5. The number of hydrogen-bond donors (Lipinski definition) is 1. The van der Waals surface area contributed by atoms with Gasteiger partial charge in [-0.1, -0.05) is 5.04 Å². The molecule has 0 saturated heterocycles. The summed E-state index contributed by atoms with van der Waals surface area (Å²) in [7, 11) is 0. The lowest BCUT2D eigenvalue weighted by atomic mass is 10.1. The molecule has 1 N–H and O–H groups in total. The van der Waals surface area contributed by atoms with Gasteiger partial charge in [0.05, 0.1) is 22.5 Å². The van der Waals surface area contributed by atoms with E-state index in [9.17, 15) is 9.59 Å². The minimum Gasteiger partial charge on any atom is -0.276 e. The monoisotopic (exact) mass is 282 g/mol. The fraction of sp³-hybridized carbons (Fsp3) is 0. The van der Waals surface area contributed by atoms with Crippen LogP contribution in [0.2, 0.25) is 0 Å². The molecule has 0 heterocycles. The molecule has 0 amide bonds. The minimum absolute atomic E-state index is 0.102. The molecule has 0 aliphatic heterocycles. The summed E-state index contributed by atoms with van der Waals surface area (Å²) in [5.41, 5.74) is 0.262. The normalized spacial score (nSPS) is 10.2. The Bertz CT molecular complexity index is 423. The summed E-state index contributed by atoms with van der Waals surface area (Å²) in [5, 5.41) is 9.92. The molecule has 0 atom stereocenters. The van der Waals surface area contributed by atoms with Gasteiger partial charge in [-0.25, -0.2) is 5.26 Å². The van der Waals surface area contributed by atoms with Crippen molar-refractivity contribution in [3.8, 4) is 0 Å². The molecular formula is C8H4Cl2O5S. The van der Waals surface area contributed by atoms with Crippen LogP contribution in [-0.4, -0.2) is 15.7 Å². The molecule has 86 valence electrons. The van der Waals surface area contributed by atoms with Gasteiger partial charge in [0.2, 0.25) is 0 Å². The van der Waals surface area contributed by atoms with Gasteiger partial charge in [0.25, 0.3) is 10.5 Å². The predicted molar refractivity (Wildman–Crippen MR) is 57.5 cm³/mol. The highest BCUT2D eigenvalue weighted by Gasteiger charge is 2.13. The first kappa shape index (κ1) is 13.4. The van der Waals surface area contributed by atoms with Crippen LogP contribution in [0.1, 0.15) is 20.7 Å². The Labute approximate surface area is 104 Å². The van der Waals surface area contributed by atoms with Crippen molar-refractivity contribution in [1.82, 2.24) is 0 Å². The van der Waals surface area contributed by atoms with Gasteiger partial charge in [-0.2, -0.15) is 0 Å². The molecule has 0 radical (unpaired) electrons. The van der Waals surface area contributed by atoms with Crippen molar-refractivity contribution in [1.29, 1.82) is 0 Å². The van der Waals surface area contributed by atoms with Gasteiger partial charge in [-0.3, -0.25) is 9.59 Å². The molecule has 1 aromatic carbocycles. The first-order valence-electron chi connectivity index (χ1n) is 3.74.